The first-order valence-electron chi connectivity index (χ1n) is 20.1. The van der Waals surface area contributed by atoms with Crippen LogP contribution in [0.1, 0.15) is 17.9 Å². The molecule has 4 aromatic heterocycles. The molecule has 0 saturated heterocycles. The van der Waals surface area contributed by atoms with Crippen molar-refractivity contribution in [3.05, 3.63) is 198 Å². The van der Waals surface area contributed by atoms with E-state index in [4.69, 9.17) is 4.42 Å². The van der Waals surface area contributed by atoms with Gasteiger partial charge in [0.25, 0.3) is 0 Å². The minimum atomic E-state index is 0.244. The highest BCUT2D eigenvalue weighted by Gasteiger charge is 2.25. The summed E-state index contributed by atoms with van der Waals surface area (Å²) in [6, 6.07) is 65.9. The molecule has 8 aromatic carbocycles. The van der Waals surface area contributed by atoms with Crippen LogP contribution in [-0.2, 0) is 0 Å². The fourth-order valence-corrected chi connectivity index (χ4v) is 10.1. The Balaban J connectivity index is 1.07. The normalized spacial score (nSPS) is 14.2. The van der Waals surface area contributed by atoms with E-state index < -0.39 is 0 Å². The summed E-state index contributed by atoms with van der Waals surface area (Å²) in [5.41, 5.74) is 12.4. The van der Waals surface area contributed by atoms with Crippen molar-refractivity contribution in [2.24, 2.45) is 0 Å². The third-order valence-electron chi connectivity index (χ3n) is 12.5. The summed E-state index contributed by atoms with van der Waals surface area (Å²) in [4.78, 5) is 0. The van der Waals surface area contributed by atoms with E-state index in [1.165, 1.54) is 59.8 Å². The van der Waals surface area contributed by atoms with Gasteiger partial charge in [0.05, 0.1) is 33.3 Å². The van der Waals surface area contributed by atoms with Crippen LogP contribution in [0.25, 0.3) is 106 Å². The monoisotopic (exact) mass is 741 g/mol. The van der Waals surface area contributed by atoms with Crippen molar-refractivity contribution >= 4 is 88.6 Å². The van der Waals surface area contributed by atoms with E-state index in [1.54, 1.807) is 0 Å². The van der Waals surface area contributed by atoms with Gasteiger partial charge in [-0.05, 0) is 78.7 Å². The Morgan fingerprint density at radius 1 is 0.431 bits per heavy atom. The number of hydrogen-bond acceptors (Lipinski definition) is 1. The lowest BCUT2D eigenvalue weighted by atomic mass is 9.90. The molecule has 1 aliphatic carbocycles. The summed E-state index contributed by atoms with van der Waals surface area (Å²) < 4.78 is 14.2. The van der Waals surface area contributed by atoms with Gasteiger partial charge in [0, 0.05) is 65.6 Å². The number of fused-ring (bicyclic) bond motifs is 13. The maximum absolute atomic E-state index is 6.96. The first kappa shape index (κ1) is 31.6. The van der Waals surface area contributed by atoms with Crippen LogP contribution in [0, 0.1) is 0 Å². The molecule has 0 saturated carbocycles. The average molecular weight is 742 g/mol. The summed E-state index contributed by atoms with van der Waals surface area (Å²) in [5, 5.41) is 11.1. The maximum Gasteiger partial charge on any atom is 0.160 e. The van der Waals surface area contributed by atoms with Gasteiger partial charge >= 0.3 is 0 Å². The zero-order chi connectivity index (χ0) is 37.9. The van der Waals surface area contributed by atoms with Crippen LogP contribution < -0.4 is 10.6 Å². The molecule has 0 spiro atoms. The largest absolute Gasteiger partial charge is 0.454 e. The maximum atomic E-state index is 6.96. The van der Waals surface area contributed by atoms with E-state index in [0.29, 0.717) is 0 Å². The molecule has 0 radical (unpaired) electrons. The molecule has 0 bridgehead atoms. The van der Waals surface area contributed by atoms with E-state index in [1.807, 2.05) is 0 Å². The van der Waals surface area contributed by atoms with Crippen LogP contribution in [0.3, 0.4) is 0 Å². The second-order valence-corrected chi connectivity index (χ2v) is 15.6. The van der Waals surface area contributed by atoms with Gasteiger partial charge in [0.2, 0.25) is 0 Å². The topological polar surface area (TPSA) is 27.9 Å². The molecule has 0 amide bonds. The van der Waals surface area contributed by atoms with Crippen LogP contribution in [-0.4, -0.2) is 13.7 Å². The SMILES string of the molecule is C1=c2c(n(-c3ccccc3)c3ccccc23)=CCC1c1ccc2c(c1)c1ccccc1n2-c1cc2c(c3ccccc3n2-c2ccccc2)c2c1oc1ccccc12. The first-order chi connectivity index (χ1) is 28.8. The summed E-state index contributed by atoms with van der Waals surface area (Å²) in [5.74, 6) is 0.244. The van der Waals surface area contributed by atoms with Gasteiger partial charge in [-0.1, -0.05) is 127 Å². The number of furan rings is 1. The predicted molar refractivity (Wildman–Crippen MR) is 241 cm³/mol. The van der Waals surface area contributed by atoms with Gasteiger partial charge < -0.3 is 18.1 Å². The molecule has 58 heavy (non-hydrogen) atoms. The Bertz CT molecular complexity index is 3770. The van der Waals surface area contributed by atoms with Crippen LogP contribution in [0.2, 0.25) is 0 Å². The van der Waals surface area contributed by atoms with Crippen molar-refractivity contribution < 1.29 is 4.42 Å². The van der Waals surface area contributed by atoms with Crippen LogP contribution in [0.4, 0.5) is 0 Å². The van der Waals surface area contributed by atoms with E-state index in [0.717, 1.165) is 56.3 Å². The highest BCUT2D eigenvalue weighted by molar-refractivity contribution is 6.29. The molecule has 12 aromatic rings. The molecule has 0 fully saturated rings. The van der Waals surface area contributed by atoms with Crippen molar-refractivity contribution in [3.63, 3.8) is 0 Å². The van der Waals surface area contributed by atoms with Gasteiger partial charge in [0.15, 0.2) is 5.58 Å². The zero-order valence-corrected chi connectivity index (χ0v) is 31.5. The number of rotatable bonds is 4. The molecule has 4 heterocycles. The highest BCUT2D eigenvalue weighted by Crippen LogP contribution is 2.46. The molecule has 0 N–H and O–H groups in total. The fraction of sp³-hybridized carbons (Fsp3) is 0.0370. The van der Waals surface area contributed by atoms with Crippen LogP contribution in [0.5, 0.6) is 0 Å². The average Bonchev–Trinajstić information content (AvgIpc) is 4.03. The lowest BCUT2D eigenvalue weighted by Gasteiger charge is -2.16. The predicted octanol–water partition coefficient (Wildman–Crippen LogP) is 12.5. The summed E-state index contributed by atoms with van der Waals surface area (Å²) in [6.07, 6.45) is 5.88. The fourth-order valence-electron chi connectivity index (χ4n) is 10.1. The Kier molecular flexibility index (Phi) is 6.53. The molecule has 4 nitrogen and oxygen atoms in total. The molecule has 1 unspecified atom stereocenters. The second-order valence-electron chi connectivity index (χ2n) is 15.6. The molecule has 272 valence electrons. The van der Waals surface area contributed by atoms with E-state index >= 15 is 0 Å². The molecule has 1 atom stereocenters. The molecule has 4 heteroatoms. The van der Waals surface area contributed by atoms with Gasteiger partial charge in [-0.3, -0.25) is 0 Å². The van der Waals surface area contributed by atoms with E-state index in [2.05, 4.69) is 208 Å². The van der Waals surface area contributed by atoms with Crippen molar-refractivity contribution in [3.8, 4) is 17.1 Å². The van der Waals surface area contributed by atoms with Crippen LogP contribution >= 0.6 is 0 Å². The van der Waals surface area contributed by atoms with E-state index in [-0.39, 0.29) is 5.92 Å². The lowest BCUT2D eigenvalue weighted by Crippen LogP contribution is -2.31. The molecule has 0 aliphatic heterocycles. The standard InChI is InChI=1S/C54H35N3O/c1-3-15-36(16-4-1)55-44-23-11-7-19-38(44)42-31-34(27-29-47(42)55)35-28-30-48-43(32-35)39-20-8-12-24-45(39)57(48)50-33-49-52(53-41-22-10-14-26-51(41)58-54(50)53)40-21-9-13-25-46(40)56(49)37-17-5-2-6-18-37/h1-26,28-34H,27H2. The van der Waals surface area contributed by atoms with E-state index in [9.17, 15) is 0 Å². The number of benzene rings is 8. The minimum Gasteiger partial charge on any atom is -0.454 e. The summed E-state index contributed by atoms with van der Waals surface area (Å²) >= 11 is 0. The van der Waals surface area contributed by atoms with Gasteiger partial charge in [-0.2, -0.15) is 0 Å². The van der Waals surface area contributed by atoms with Crippen molar-refractivity contribution in [1.82, 2.24) is 13.7 Å². The Labute approximate surface area is 333 Å². The smallest absolute Gasteiger partial charge is 0.160 e. The molecular weight excluding hydrogens is 707 g/mol. The van der Waals surface area contributed by atoms with Gasteiger partial charge in [0.1, 0.15) is 5.58 Å². The molecule has 1 aliphatic rings. The zero-order valence-electron chi connectivity index (χ0n) is 31.5. The highest BCUT2D eigenvalue weighted by atomic mass is 16.3. The van der Waals surface area contributed by atoms with Gasteiger partial charge in [-0.15, -0.1) is 0 Å². The Hall–Kier alpha value is -7.56. The number of para-hydroxylation sites is 6. The number of aromatic nitrogens is 3. The van der Waals surface area contributed by atoms with Crippen molar-refractivity contribution in [2.75, 3.05) is 0 Å². The number of nitrogens with zero attached hydrogens (tertiary/aromatic N) is 3. The molecular formula is C54H35N3O. The summed E-state index contributed by atoms with van der Waals surface area (Å²) in [7, 11) is 0. The van der Waals surface area contributed by atoms with Crippen molar-refractivity contribution in [2.45, 2.75) is 12.3 Å². The third-order valence-corrected chi connectivity index (χ3v) is 12.5. The molecule has 13 rings (SSSR count). The Morgan fingerprint density at radius 2 is 1.02 bits per heavy atom. The quantitative estimate of drug-likeness (QED) is 0.176. The summed E-state index contributed by atoms with van der Waals surface area (Å²) in [6.45, 7) is 0. The third kappa shape index (κ3) is 4.34. The Morgan fingerprint density at radius 3 is 1.78 bits per heavy atom. The number of hydrogen-bond donors (Lipinski definition) is 0. The first-order valence-corrected chi connectivity index (χ1v) is 20.1. The lowest BCUT2D eigenvalue weighted by molar-refractivity contribution is 0.666. The second kappa shape index (κ2) is 12.0. The minimum absolute atomic E-state index is 0.244. The van der Waals surface area contributed by atoms with Crippen molar-refractivity contribution in [1.29, 1.82) is 0 Å². The van der Waals surface area contributed by atoms with Crippen LogP contribution in [0.15, 0.2) is 186 Å². The van der Waals surface area contributed by atoms with Gasteiger partial charge in [-0.25, -0.2) is 0 Å².